The maximum Gasteiger partial charge on any atom is 0.0980 e. The largest absolute Gasteiger partial charge is 0.240 e. The Bertz CT molecular complexity index is 467. The normalized spacial score (nSPS) is 10.5. The van der Waals surface area contributed by atoms with E-state index in [1.54, 1.807) is 11.3 Å². The Labute approximate surface area is 99.9 Å². The number of aryl methyl sites for hydroxylation is 1. The van der Waals surface area contributed by atoms with Gasteiger partial charge in [-0.2, -0.15) is 0 Å². The summed E-state index contributed by atoms with van der Waals surface area (Å²) in [6.45, 7) is 1.98. The summed E-state index contributed by atoms with van der Waals surface area (Å²) >= 11 is 11.2. The summed E-state index contributed by atoms with van der Waals surface area (Å²) in [6.07, 6.45) is 0. The molecule has 0 bridgehead atoms. The molecule has 0 saturated heterocycles. The van der Waals surface area contributed by atoms with Gasteiger partial charge in [0, 0.05) is 5.56 Å². The Morgan fingerprint density at radius 1 is 1.36 bits per heavy atom. The van der Waals surface area contributed by atoms with Gasteiger partial charge in [0.1, 0.15) is 0 Å². The van der Waals surface area contributed by atoms with Crippen LogP contribution in [0.15, 0.2) is 28.1 Å². The summed E-state index contributed by atoms with van der Waals surface area (Å²) in [5.41, 5.74) is 1.91. The number of hydrogen-bond acceptors (Lipinski definition) is 2. The van der Waals surface area contributed by atoms with Gasteiger partial charge < -0.3 is 0 Å². The average molecular weight is 289 g/mol. The van der Waals surface area contributed by atoms with Crippen molar-refractivity contribution < 1.29 is 0 Å². The molecule has 0 radical (unpaired) electrons. The Morgan fingerprint density at radius 2 is 2.07 bits per heavy atom. The minimum atomic E-state index is 0.735. The van der Waals surface area contributed by atoms with Gasteiger partial charge in [-0.3, -0.25) is 0 Å². The number of aromatic nitrogens is 1. The molecule has 14 heavy (non-hydrogen) atoms. The molecule has 0 spiro atoms. The van der Waals surface area contributed by atoms with Crippen molar-refractivity contribution >= 4 is 38.9 Å². The standard InChI is InChI=1S/C10H7BrClNS/c1-6-13-9(10(11)14-6)7-4-2-3-5-8(7)12/h2-5H,1H3. The smallest absolute Gasteiger partial charge is 0.0980 e. The lowest BCUT2D eigenvalue weighted by Gasteiger charge is -1.99. The SMILES string of the molecule is Cc1nc(-c2ccccc2Cl)c(Br)s1. The van der Waals surface area contributed by atoms with Crippen LogP contribution in [-0.2, 0) is 0 Å². The lowest BCUT2D eigenvalue weighted by Crippen LogP contribution is -1.80. The molecule has 4 heteroatoms. The lowest BCUT2D eigenvalue weighted by molar-refractivity contribution is 1.29. The maximum atomic E-state index is 6.08. The average Bonchev–Trinajstić information content (AvgIpc) is 2.46. The van der Waals surface area contributed by atoms with E-state index in [0.717, 1.165) is 25.1 Å². The van der Waals surface area contributed by atoms with Crippen molar-refractivity contribution in [1.82, 2.24) is 4.98 Å². The molecule has 1 nitrogen and oxygen atoms in total. The second kappa shape index (κ2) is 4.01. The maximum absolute atomic E-state index is 6.08. The molecule has 2 aromatic rings. The van der Waals surface area contributed by atoms with Gasteiger partial charge in [-0.25, -0.2) is 4.98 Å². The summed E-state index contributed by atoms with van der Waals surface area (Å²) < 4.78 is 1.03. The fourth-order valence-electron chi connectivity index (χ4n) is 1.22. The van der Waals surface area contributed by atoms with Crippen LogP contribution >= 0.6 is 38.9 Å². The van der Waals surface area contributed by atoms with Gasteiger partial charge in [0.25, 0.3) is 0 Å². The van der Waals surface area contributed by atoms with E-state index in [4.69, 9.17) is 11.6 Å². The highest BCUT2D eigenvalue weighted by atomic mass is 79.9. The highest BCUT2D eigenvalue weighted by Gasteiger charge is 2.10. The minimum Gasteiger partial charge on any atom is -0.240 e. The van der Waals surface area contributed by atoms with Crippen LogP contribution < -0.4 is 0 Å². The molecule has 0 fully saturated rings. The monoisotopic (exact) mass is 287 g/mol. The molecule has 1 heterocycles. The second-order valence-electron chi connectivity index (χ2n) is 2.84. The summed E-state index contributed by atoms with van der Waals surface area (Å²) in [6, 6.07) is 7.72. The number of thiazole rings is 1. The highest BCUT2D eigenvalue weighted by molar-refractivity contribution is 9.11. The van der Waals surface area contributed by atoms with Crippen LogP contribution in [0.1, 0.15) is 5.01 Å². The quantitative estimate of drug-likeness (QED) is 0.751. The van der Waals surface area contributed by atoms with E-state index < -0.39 is 0 Å². The predicted molar refractivity (Wildman–Crippen MR) is 65.0 cm³/mol. The molecular formula is C10H7BrClNS. The summed E-state index contributed by atoms with van der Waals surface area (Å²) in [4.78, 5) is 4.43. The third-order valence-electron chi connectivity index (χ3n) is 1.82. The molecule has 0 atom stereocenters. The molecule has 2 rings (SSSR count). The molecule has 0 saturated carbocycles. The van der Waals surface area contributed by atoms with Gasteiger partial charge in [0.05, 0.1) is 19.5 Å². The van der Waals surface area contributed by atoms with Crippen molar-refractivity contribution in [1.29, 1.82) is 0 Å². The van der Waals surface area contributed by atoms with E-state index in [1.807, 2.05) is 31.2 Å². The fraction of sp³-hybridized carbons (Fsp3) is 0.100. The Balaban J connectivity index is 2.60. The molecule has 0 N–H and O–H groups in total. The summed E-state index contributed by atoms with van der Waals surface area (Å²) in [7, 11) is 0. The molecule has 0 unspecified atom stereocenters. The number of hydrogen-bond donors (Lipinski definition) is 0. The van der Waals surface area contributed by atoms with E-state index in [-0.39, 0.29) is 0 Å². The topological polar surface area (TPSA) is 12.9 Å². The minimum absolute atomic E-state index is 0.735. The molecule has 1 aromatic heterocycles. The van der Waals surface area contributed by atoms with Crippen LogP contribution in [-0.4, -0.2) is 4.98 Å². The van der Waals surface area contributed by atoms with Crippen LogP contribution in [0.3, 0.4) is 0 Å². The number of rotatable bonds is 1. The van der Waals surface area contributed by atoms with Crippen molar-refractivity contribution in [2.24, 2.45) is 0 Å². The first kappa shape index (κ1) is 10.1. The summed E-state index contributed by atoms with van der Waals surface area (Å²) in [5, 5.41) is 1.77. The van der Waals surface area contributed by atoms with Crippen LogP contribution in [0.4, 0.5) is 0 Å². The molecule has 0 aliphatic heterocycles. The van der Waals surface area contributed by atoms with Gasteiger partial charge >= 0.3 is 0 Å². The van der Waals surface area contributed by atoms with Crippen molar-refractivity contribution in [3.8, 4) is 11.3 Å². The zero-order valence-electron chi connectivity index (χ0n) is 7.42. The molecular weight excluding hydrogens is 282 g/mol. The van der Waals surface area contributed by atoms with Crippen molar-refractivity contribution in [3.63, 3.8) is 0 Å². The molecule has 0 aliphatic rings. The van der Waals surface area contributed by atoms with Gasteiger partial charge in [-0.1, -0.05) is 29.8 Å². The van der Waals surface area contributed by atoms with Crippen LogP contribution in [0, 0.1) is 6.92 Å². The van der Waals surface area contributed by atoms with Crippen molar-refractivity contribution in [3.05, 3.63) is 38.1 Å². The number of benzene rings is 1. The second-order valence-corrected chi connectivity index (χ2v) is 5.76. The fourth-order valence-corrected chi connectivity index (χ4v) is 3.10. The zero-order chi connectivity index (χ0) is 10.1. The molecule has 1 aromatic carbocycles. The van der Waals surface area contributed by atoms with Crippen molar-refractivity contribution in [2.45, 2.75) is 6.92 Å². The van der Waals surface area contributed by atoms with E-state index >= 15 is 0 Å². The van der Waals surface area contributed by atoms with E-state index in [0.29, 0.717) is 0 Å². The van der Waals surface area contributed by atoms with Gasteiger partial charge in [0.15, 0.2) is 0 Å². The predicted octanol–water partition coefficient (Wildman–Crippen LogP) is 4.53. The third-order valence-corrected chi connectivity index (χ3v) is 3.77. The molecule has 72 valence electrons. The van der Waals surface area contributed by atoms with Gasteiger partial charge in [0.2, 0.25) is 0 Å². The summed E-state index contributed by atoms with van der Waals surface area (Å²) in [5.74, 6) is 0. The molecule has 0 amide bonds. The van der Waals surface area contributed by atoms with Crippen molar-refractivity contribution in [2.75, 3.05) is 0 Å². The van der Waals surface area contributed by atoms with Gasteiger partial charge in [-0.05, 0) is 28.9 Å². The first-order valence-electron chi connectivity index (χ1n) is 4.06. The first-order valence-corrected chi connectivity index (χ1v) is 6.05. The Morgan fingerprint density at radius 3 is 2.64 bits per heavy atom. The van der Waals surface area contributed by atoms with E-state index in [1.165, 1.54) is 0 Å². The highest BCUT2D eigenvalue weighted by Crippen LogP contribution is 2.35. The van der Waals surface area contributed by atoms with Crippen LogP contribution in [0.25, 0.3) is 11.3 Å². The number of halogens is 2. The Hall–Kier alpha value is -0.380. The number of nitrogens with zero attached hydrogens (tertiary/aromatic N) is 1. The van der Waals surface area contributed by atoms with Gasteiger partial charge in [-0.15, -0.1) is 11.3 Å². The lowest BCUT2D eigenvalue weighted by atomic mass is 10.2. The Kier molecular flexibility index (Phi) is 2.91. The molecule has 0 aliphatic carbocycles. The van der Waals surface area contributed by atoms with E-state index in [2.05, 4.69) is 20.9 Å². The third kappa shape index (κ3) is 1.85. The van der Waals surface area contributed by atoms with Crippen LogP contribution in [0.2, 0.25) is 5.02 Å². The van der Waals surface area contributed by atoms with E-state index in [9.17, 15) is 0 Å². The zero-order valence-corrected chi connectivity index (χ0v) is 10.6. The van der Waals surface area contributed by atoms with Crippen LogP contribution in [0.5, 0.6) is 0 Å². The first-order chi connectivity index (χ1) is 6.68.